The van der Waals surface area contributed by atoms with Crippen molar-refractivity contribution < 1.29 is 9.26 Å². The third-order valence-corrected chi connectivity index (χ3v) is 3.89. The molecule has 4 aromatic rings. The lowest BCUT2D eigenvalue weighted by Gasteiger charge is -2.06. The quantitative estimate of drug-likeness (QED) is 0.546. The molecule has 0 radical (unpaired) electrons. The maximum atomic E-state index is 5.90. The Kier molecular flexibility index (Phi) is 3.63. The number of fused-ring (bicyclic) bond motifs is 1. The Morgan fingerprint density at radius 2 is 1.79 bits per heavy atom. The summed E-state index contributed by atoms with van der Waals surface area (Å²) in [7, 11) is 1.57. The minimum absolute atomic E-state index is 0.414. The van der Waals surface area contributed by atoms with Crippen LogP contribution in [0.3, 0.4) is 0 Å². The van der Waals surface area contributed by atoms with E-state index in [-0.39, 0.29) is 0 Å². The minimum atomic E-state index is 0.414. The number of rotatable bonds is 3. The first kappa shape index (κ1) is 14.7. The summed E-state index contributed by atoms with van der Waals surface area (Å²) in [5.74, 6) is 1.30. The van der Waals surface area contributed by atoms with E-state index in [4.69, 9.17) is 20.9 Å². The van der Waals surface area contributed by atoms with Crippen LogP contribution >= 0.6 is 11.6 Å². The molecule has 0 N–H and O–H groups in total. The summed E-state index contributed by atoms with van der Waals surface area (Å²) in [6.45, 7) is 0. The monoisotopic (exact) mass is 337 g/mol. The van der Waals surface area contributed by atoms with Crippen LogP contribution in [0.15, 0.2) is 59.1 Å². The van der Waals surface area contributed by atoms with E-state index >= 15 is 0 Å². The van der Waals surface area contributed by atoms with Crippen molar-refractivity contribution in [1.82, 2.24) is 15.1 Å². The largest absolute Gasteiger partial charge is 0.480 e. The average molecular weight is 338 g/mol. The standard InChI is InChI=1S/C18H12ClN3O2/c1-23-18-14(10-12-4-2-3-5-15(12)20-18)16-21-17(24-22-16)11-6-8-13(19)9-7-11/h2-10H,1H3. The van der Waals surface area contributed by atoms with Crippen molar-refractivity contribution in [3.63, 3.8) is 0 Å². The third-order valence-electron chi connectivity index (χ3n) is 3.64. The number of ether oxygens (including phenoxy) is 1. The van der Waals surface area contributed by atoms with E-state index in [0.29, 0.717) is 28.2 Å². The summed E-state index contributed by atoms with van der Waals surface area (Å²) < 4.78 is 10.8. The van der Waals surface area contributed by atoms with Crippen LogP contribution in [-0.2, 0) is 0 Å². The zero-order valence-corrected chi connectivity index (χ0v) is 13.5. The molecular formula is C18H12ClN3O2. The predicted octanol–water partition coefficient (Wildman–Crippen LogP) is 4.61. The van der Waals surface area contributed by atoms with E-state index in [1.54, 1.807) is 19.2 Å². The number of hydrogen-bond donors (Lipinski definition) is 0. The highest BCUT2D eigenvalue weighted by Gasteiger charge is 2.16. The number of halogens is 1. The van der Waals surface area contributed by atoms with Crippen LogP contribution in [0.2, 0.25) is 5.02 Å². The molecule has 0 saturated carbocycles. The first-order valence-electron chi connectivity index (χ1n) is 7.28. The number of benzene rings is 2. The Morgan fingerprint density at radius 1 is 1.00 bits per heavy atom. The van der Waals surface area contributed by atoms with Gasteiger partial charge in [-0.05, 0) is 36.4 Å². The second-order valence-corrected chi connectivity index (χ2v) is 5.60. The molecule has 0 unspecified atom stereocenters. The van der Waals surface area contributed by atoms with E-state index in [0.717, 1.165) is 16.5 Å². The van der Waals surface area contributed by atoms with Crippen LogP contribution in [0.25, 0.3) is 33.7 Å². The number of aromatic nitrogens is 3. The van der Waals surface area contributed by atoms with Crippen LogP contribution < -0.4 is 4.74 Å². The molecule has 0 aliphatic rings. The smallest absolute Gasteiger partial charge is 0.258 e. The van der Waals surface area contributed by atoms with Gasteiger partial charge in [-0.3, -0.25) is 0 Å². The molecule has 118 valence electrons. The molecule has 0 fully saturated rings. The normalized spacial score (nSPS) is 10.9. The Bertz CT molecular complexity index is 1010. The Hall–Kier alpha value is -2.92. The van der Waals surface area contributed by atoms with Crippen molar-refractivity contribution in [2.75, 3.05) is 7.11 Å². The summed E-state index contributed by atoms with van der Waals surface area (Å²) in [5.41, 5.74) is 2.32. The van der Waals surface area contributed by atoms with Gasteiger partial charge in [0.2, 0.25) is 11.7 Å². The first-order chi connectivity index (χ1) is 11.7. The lowest BCUT2D eigenvalue weighted by atomic mass is 10.1. The molecule has 4 rings (SSSR count). The fourth-order valence-corrected chi connectivity index (χ4v) is 2.58. The van der Waals surface area contributed by atoms with E-state index in [1.807, 2.05) is 42.5 Å². The molecule has 2 aromatic heterocycles. The van der Waals surface area contributed by atoms with Gasteiger partial charge in [0.05, 0.1) is 18.2 Å². The zero-order chi connectivity index (χ0) is 16.5. The molecule has 0 bridgehead atoms. The highest BCUT2D eigenvalue weighted by Crippen LogP contribution is 2.31. The first-order valence-corrected chi connectivity index (χ1v) is 7.66. The molecule has 2 heterocycles. The van der Waals surface area contributed by atoms with Gasteiger partial charge >= 0.3 is 0 Å². The predicted molar refractivity (Wildman–Crippen MR) is 92.0 cm³/mol. The third kappa shape index (κ3) is 2.59. The minimum Gasteiger partial charge on any atom is -0.480 e. The molecule has 5 nitrogen and oxygen atoms in total. The van der Waals surface area contributed by atoms with Crippen LogP contribution in [-0.4, -0.2) is 22.2 Å². The van der Waals surface area contributed by atoms with Gasteiger partial charge in [-0.25, -0.2) is 4.98 Å². The second-order valence-electron chi connectivity index (χ2n) is 5.17. The number of pyridine rings is 1. The zero-order valence-electron chi connectivity index (χ0n) is 12.7. The number of methoxy groups -OCH3 is 1. The molecular weight excluding hydrogens is 326 g/mol. The van der Waals surface area contributed by atoms with Gasteiger partial charge in [0.25, 0.3) is 5.89 Å². The van der Waals surface area contributed by atoms with Crippen LogP contribution in [0.1, 0.15) is 0 Å². The molecule has 0 spiro atoms. The fraction of sp³-hybridized carbons (Fsp3) is 0.0556. The molecule has 0 saturated heterocycles. The topological polar surface area (TPSA) is 61.0 Å². The van der Waals surface area contributed by atoms with Gasteiger partial charge in [0.1, 0.15) is 0 Å². The van der Waals surface area contributed by atoms with Crippen molar-refractivity contribution in [2.24, 2.45) is 0 Å². The maximum Gasteiger partial charge on any atom is 0.258 e. The van der Waals surface area contributed by atoms with Crippen LogP contribution in [0, 0.1) is 0 Å². The Labute approximate surface area is 142 Å². The lowest BCUT2D eigenvalue weighted by molar-refractivity contribution is 0.399. The number of hydrogen-bond acceptors (Lipinski definition) is 5. The molecule has 0 aliphatic heterocycles. The van der Waals surface area contributed by atoms with Crippen molar-refractivity contribution in [1.29, 1.82) is 0 Å². The van der Waals surface area contributed by atoms with Crippen molar-refractivity contribution in [3.8, 4) is 28.7 Å². The molecule has 0 aliphatic carbocycles. The van der Waals surface area contributed by atoms with Gasteiger partial charge in [0.15, 0.2) is 0 Å². The Balaban J connectivity index is 1.81. The van der Waals surface area contributed by atoms with Gasteiger partial charge in [-0.2, -0.15) is 4.98 Å². The lowest BCUT2D eigenvalue weighted by Crippen LogP contribution is -1.94. The van der Waals surface area contributed by atoms with E-state index in [9.17, 15) is 0 Å². The van der Waals surface area contributed by atoms with Gasteiger partial charge < -0.3 is 9.26 Å². The van der Waals surface area contributed by atoms with E-state index in [2.05, 4.69) is 15.1 Å². The maximum absolute atomic E-state index is 5.90. The van der Waals surface area contributed by atoms with Gasteiger partial charge in [-0.1, -0.05) is 35.0 Å². The molecule has 0 amide bonds. The van der Waals surface area contributed by atoms with Crippen molar-refractivity contribution in [2.45, 2.75) is 0 Å². The fourth-order valence-electron chi connectivity index (χ4n) is 2.46. The SMILES string of the molecule is COc1nc2ccccc2cc1-c1noc(-c2ccc(Cl)cc2)n1. The summed E-state index contributed by atoms with van der Waals surface area (Å²) in [4.78, 5) is 8.96. The summed E-state index contributed by atoms with van der Waals surface area (Å²) in [6, 6.07) is 16.9. The molecule has 2 aromatic carbocycles. The van der Waals surface area contributed by atoms with Crippen LogP contribution in [0.4, 0.5) is 0 Å². The summed E-state index contributed by atoms with van der Waals surface area (Å²) >= 11 is 5.90. The van der Waals surface area contributed by atoms with Crippen molar-refractivity contribution >= 4 is 22.5 Å². The van der Waals surface area contributed by atoms with E-state index in [1.165, 1.54) is 0 Å². The number of para-hydroxylation sites is 1. The van der Waals surface area contributed by atoms with Crippen LogP contribution in [0.5, 0.6) is 5.88 Å². The average Bonchev–Trinajstić information content (AvgIpc) is 3.11. The molecule has 0 atom stereocenters. The van der Waals surface area contributed by atoms with Crippen molar-refractivity contribution in [3.05, 3.63) is 59.6 Å². The Morgan fingerprint density at radius 3 is 2.58 bits per heavy atom. The summed E-state index contributed by atoms with van der Waals surface area (Å²) in [6.07, 6.45) is 0. The van der Waals surface area contributed by atoms with Gasteiger partial charge in [0, 0.05) is 16.0 Å². The van der Waals surface area contributed by atoms with E-state index < -0.39 is 0 Å². The molecule has 24 heavy (non-hydrogen) atoms. The summed E-state index contributed by atoms with van der Waals surface area (Å²) in [5, 5.41) is 5.69. The van der Waals surface area contributed by atoms with Gasteiger partial charge in [-0.15, -0.1) is 0 Å². The molecule has 6 heteroatoms. The highest BCUT2D eigenvalue weighted by molar-refractivity contribution is 6.30. The second kappa shape index (κ2) is 5.94. The highest BCUT2D eigenvalue weighted by atomic mass is 35.5. The number of nitrogens with zero attached hydrogens (tertiary/aromatic N) is 3.